The van der Waals surface area contributed by atoms with Gasteiger partial charge in [0.25, 0.3) is 0 Å². The molecule has 2 aromatic rings. The van der Waals surface area contributed by atoms with Gasteiger partial charge in [-0.2, -0.15) is 5.10 Å². The van der Waals surface area contributed by atoms with Gasteiger partial charge in [-0.1, -0.05) is 30.3 Å². The molecule has 1 aliphatic heterocycles. The SMILES string of the molecule is COc1cc(/C=N/NC2NC(=O)NNC2C)cc(Br)c1OCc1ccccc1. The summed E-state index contributed by atoms with van der Waals surface area (Å²) in [6.07, 6.45) is 1.32. The molecule has 1 heterocycles. The van der Waals surface area contributed by atoms with E-state index in [1.807, 2.05) is 49.4 Å². The lowest BCUT2D eigenvalue weighted by atomic mass is 10.2. The number of amides is 2. The van der Waals surface area contributed by atoms with Crippen molar-refractivity contribution in [3.05, 3.63) is 58.1 Å². The number of carbonyl (C=O) groups excluding carboxylic acids is 1. The van der Waals surface area contributed by atoms with Crippen LogP contribution in [0.4, 0.5) is 4.79 Å². The lowest BCUT2D eigenvalue weighted by molar-refractivity contribution is 0.202. The molecular weight excluding hydrogens is 426 g/mol. The second kappa shape index (κ2) is 9.43. The fourth-order valence-corrected chi connectivity index (χ4v) is 3.16. The number of hydrogen-bond acceptors (Lipinski definition) is 6. The molecule has 2 atom stereocenters. The van der Waals surface area contributed by atoms with Crippen molar-refractivity contribution in [3.63, 3.8) is 0 Å². The number of urea groups is 1. The average molecular weight is 448 g/mol. The van der Waals surface area contributed by atoms with E-state index in [1.54, 1.807) is 13.3 Å². The van der Waals surface area contributed by atoms with E-state index in [2.05, 4.69) is 42.6 Å². The van der Waals surface area contributed by atoms with Crippen molar-refractivity contribution in [1.82, 2.24) is 21.6 Å². The summed E-state index contributed by atoms with van der Waals surface area (Å²) in [5, 5.41) is 6.95. The normalized spacial score (nSPS) is 19.0. The third kappa shape index (κ3) is 5.14. The molecule has 0 radical (unpaired) electrons. The highest BCUT2D eigenvalue weighted by atomic mass is 79.9. The van der Waals surface area contributed by atoms with E-state index in [1.165, 1.54) is 0 Å². The smallest absolute Gasteiger partial charge is 0.330 e. The number of halogens is 1. The van der Waals surface area contributed by atoms with Crippen LogP contribution in [0.25, 0.3) is 0 Å². The summed E-state index contributed by atoms with van der Waals surface area (Å²) in [7, 11) is 1.59. The zero-order valence-corrected chi connectivity index (χ0v) is 17.1. The van der Waals surface area contributed by atoms with Gasteiger partial charge in [0.2, 0.25) is 0 Å². The van der Waals surface area contributed by atoms with Crippen molar-refractivity contribution in [1.29, 1.82) is 0 Å². The molecule has 0 bridgehead atoms. The number of carbonyl (C=O) groups is 1. The van der Waals surface area contributed by atoms with E-state index in [-0.39, 0.29) is 18.2 Å². The molecule has 3 rings (SSSR count). The number of methoxy groups -OCH3 is 1. The van der Waals surface area contributed by atoms with Gasteiger partial charge >= 0.3 is 6.03 Å². The number of hydrazine groups is 1. The van der Waals surface area contributed by atoms with Crippen LogP contribution in [0.15, 0.2) is 52.0 Å². The molecule has 2 aromatic carbocycles. The van der Waals surface area contributed by atoms with Crippen LogP contribution in [-0.4, -0.2) is 31.6 Å². The molecule has 0 spiro atoms. The minimum atomic E-state index is -0.330. The maximum Gasteiger partial charge on any atom is 0.330 e. The molecule has 0 saturated carbocycles. The summed E-state index contributed by atoms with van der Waals surface area (Å²) >= 11 is 3.54. The van der Waals surface area contributed by atoms with Crippen molar-refractivity contribution >= 4 is 28.2 Å². The molecule has 1 fully saturated rings. The Morgan fingerprint density at radius 2 is 2.07 bits per heavy atom. The van der Waals surface area contributed by atoms with E-state index < -0.39 is 0 Å². The van der Waals surface area contributed by atoms with E-state index in [9.17, 15) is 4.79 Å². The molecular formula is C19H22BrN5O3. The molecule has 0 aliphatic carbocycles. The Kier molecular flexibility index (Phi) is 6.72. The molecule has 148 valence electrons. The number of hydrazone groups is 1. The van der Waals surface area contributed by atoms with Crippen LogP contribution in [-0.2, 0) is 6.61 Å². The lowest BCUT2D eigenvalue weighted by Gasteiger charge is -2.30. The van der Waals surface area contributed by atoms with Gasteiger partial charge in [0.05, 0.1) is 23.8 Å². The van der Waals surface area contributed by atoms with Crippen LogP contribution in [0, 0.1) is 0 Å². The summed E-state index contributed by atoms with van der Waals surface area (Å²) < 4.78 is 12.2. The van der Waals surface area contributed by atoms with Crippen LogP contribution in [0.5, 0.6) is 11.5 Å². The number of nitrogens with one attached hydrogen (secondary N) is 4. The largest absolute Gasteiger partial charge is 0.493 e. The fourth-order valence-electron chi connectivity index (χ4n) is 2.59. The Morgan fingerprint density at radius 3 is 2.82 bits per heavy atom. The Bertz CT molecular complexity index is 847. The quantitative estimate of drug-likeness (QED) is 0.386. The number of rotatable bonds is 7. The minimum Gasteiger partial charge on any atom is -0.493 e. The summed E-state index contributed by atoms with van der Waals surface area (Å²) in [6, 6.07) is 13.3. The van der Waals surface area contributed by atoms with Gasteiger partial charge < -0.3 is 14.8 Å². The van der Waals surface area contributed by atoms with Crippen molar-refractivity contribution in [2.24, 2.45) is 5.10 Å². The number of benzene rings is 2. The molecule has 28 heavy (non-hydrogen) atoms. The highest BCUT2D eigenvalue weighted by molar-refractivity contribution is 9.10. The van der Waals surface area contributed by atoms with Crippen molar-refractivity contribution < 1.29 is 14.3 Å². The molecule has 9 heteroatoms. The molecule has 0 aromatic heterocycles. The van der Waals surface area contributed by atoms with E-state index in [0.717, 1.165) is 15.6 Å². The molecule has 8 nitrogen and oxygen atoms in total. The lowest BCUT2D eigenvalue weighted by Crippen LogP contribution is -2.67. The first-order chi connectivity index (χ1) is 13.6. The zero-order valence-electron chi connectivity index (χ0n) is 15.5. The molecule has 1 saturated heterocycles. The second-order valence-electron chi connectivity index (χ2n) is 6.20. The number of hydrogen-bond donors (Lipinski definition) is 4. The first-order valence-electron chi connectivity index (χ1n) is 8.71. The van der Waals surface area contributed by atoms with Gasteiger partial charge in [0.15, 0.2) is 11.5 Å². The Hall–Kier alpha value is -2.78. The van der Waals surface area contributed by atoms with Crippen molar-refractivity contribution in [2.45, 2.75) is 25.7 Å². The standard InChI is InChI=1S/C19H22BrN5O3/c1-12-18(22-19(26)25-23-12)24-21-10-14-8-15(20)17(16(9-14)27-2)28-11-13-6-4-3-5-7-13/h3-10,12,18,23-24H,11H2,1-2H3,(H2,22,25,26)/b21-10+. The Labute approximate surface area is 171 Å². The van der Waals surface area contributed by atoms with Gasteiger partial charge in [-0.15, -0.1) is 0 Å². The highest BCUT2D eigenvalue weighted by Crippen LogP contribution is 2.36. The van der Waals surface area contributed by atoms with Gasteiger partial charge in [0.1, 0.15) is 12.8 Å². The van der Waals surface area contributed by atoms with Gasteiger partial charge in [-0.05, 0) is 46.1 Å². The summed E-state index contributed by atoms with van der Waals surface area (Å²) in [4.78, 5) is 11.4. The highest BCUT2D eigenvalue weighted by Gasteiger charge is 2.23. The predicted octanol–water partition coefficient (Wildman–Crippen LogP) is 2.49. The van der Waals surface area contributed by atoms with Gasteiger partial charge in [-0.25, -0.2) is 10.2 Å². The predicted molar refractivity (Wildman–Crippen MR) is 110 cm³/mol. The third-order valence-electron chi connectivity index (χ3n) is 4.10. The zero-order chi connectivity index (χ0) is 19.9. The van der Waals surface area contributed by atoms with Crippen molar-refractivity contribution in [2.75, 3.05) is 7.11 Å². The second-order valence-corrected chi connectivity index (χ2v) is 7.06. The summed E-state index contributed by atoms with van der Waals surface area (Å²) in [5.41, 5.74) is 10.1. The first kappa shape index (κ1) is 20.0. The topological polar surface area (TPSA) is 96.0 Å². The van der Waals surface area contributed by atoms with Crippen LogP contribution >= 0.6 is 15.9 Å². The number of ether oxygens (including phenoxy) is 2. The molecule has 2 amide bonds. The van der Waals surface area contributed by atoms with E-state index >= 15 is 0 Å². The first-order valence-corrected chi connectivity index (χ1v) is 9.51. The number of nitrogens with zero attached hydrogens (tertiary/aromatic N) is 1. The van der Waals surface area contributed by atoms with E-state index in [0.29, 0.717) is 18.1 Å². The van der Waals surface area contributed by atoms with Crippen LogP contribution in [0.3, 0.4) is 0 Å². The maximum atomic E-state index is 11.4. The monoisotopic (exact) mass is 447 g/mol. The maximum absolute atomic E-state index is 11.4. The van der Waals surface area contributed by atoms with Crippen LogP contribution in [0.2, 0.25) is 0 Å². The Balaban J connectivity index is 1.67. The average Bonchev–Trinajstić information content (AvgIpc) is 2.70. The summed E-state index contributed by atoms with van der Waals surface area (Å²) in [5.74, 6) is 1.22. The fraction of sp³-hybridized carbons (Fsp3) is 0.263. The van der Waals surface area contributed by atoms with E-state index in [4.69, 9.17) is 9.47 Å². The van der Waals surface area contributed by atoms with Gasteiger partial charge in [-0.3, -0.25) is 10.9 Å². The Morgan fingerprint density at radius 1 is 1.29 bits per heavy atom. The molecule has 2 unspecified atom stereocenters. The molecule has 1 aliphatic rings. The third-order valence-corrected chi connectivity index (χ3v) is 4.69. The van der Waals surface area contributed by atoms with Gasteiger partial charge in [0, 0.05) is 0 Å². The van der Waals surface area contributed by atoms with Crippen molar-refractivity contribution in [3.8, 4) is 11.5 Å². The van der Waals surface area contributed by atoms with Crippen LogP contribution in [0.1, 0.15) is 18.1 Å². The van der Waals surface area contributed by atoms with Crippen LogP contribution < -0.4 is 31.1 Å². The minimum absolute atomic E-state index is 0.0371. The summed E-state index contributed by atoms with van der Waals surface area (Å²) in [6.45, 7) is 2.35. The molecule has 4 N–H and O–H groups in total.